The number of imidazole rings is 1. The van der Waals surface area contributed by atoms with Gasteiger partial charge >= 0.3 is 6.03 Å². The van der Waals surface area contributed by atoms with Crippen LogP contribution < -0.4 is 10.6 Å². The first kappa shape index (κ1) is 28.3. The molecule has 3 aromatic rings. The maximum Gasteiger partial charge on any atom is 0.318 e. The van der Waals surface area contributed by atoms with E-state index in [-0.39, 0.29) is 62.7 Å². The largest absolute Gasteiger partial charge is 0.382 e. The molecule has 0 bridgehead atoms. The number of methoxy groups -OCH3 is 1. The second kappa shape index (κ2) is 10.5. The lowest BCUT2D eigenvalue weighted by Gasteiger charge is -2.33. The minimum absolute atomic E-state index is 0.0214. The lowest BCUT2D eigenvalue weighted by atomic mass is 9.81. The van der Waals surface area contributed by atoms with E-state index in [2.05, 4.69) is 35.7 Å². The molecule has 2 aliphatic carbocycles. The third kappa shape index (κ3) is 5.16. The van der Waals surface area contributed by atoms with E-state index in [9.17, 15) is 27.2 Å². The third-order valence-electron chi connectivity index (χ3n) is 8.64. The van der Waals surface area contributed by atoms with Gasteiger partial charge in [-0.15, -0.1) is 0 Å². The Kier molecular flexibility index (Phi) is 7.06. The molecule has 0 unspecified atom stereocenters. The monoisotopic (exact) mass is 594 g/mol. The Bertz CT molecular complexity index is 1490. The van der Waals surface area contributed by atoms with Crippen LogP contribution in [0.25, 0.3) is 5.65 Å². The molecule has 2 saturated carbocycles. The van der Waals surface area contributed by atoms with E-state index in [1.807, 2.05) is 0 Å². The first-order chi connectivity index (χ1) is 20.0. The second-order valence-electron chi connectivity index (χ2n) is 11.3. The molecule has 1 saturated heterocycles. The van der Waals surface area contributed by atoms with E-state index < -0.39 is 47.7 Å². The Hall–Kier alpha value is -3.82. The molecule has 4 heterocycles. The summed E-state index contributed by atoms with van der Waals surface area (Å²) in [6.45, 7) is 1.35. The van der Waals surface area contributed by atoms with E-state index in [0.29, 0.717) is 16.9 Å². The number of nitrogens with one attached hydrogen (secondary N) is 2. The normalized spacial score (nSPS) is 24.9. The van der Waals surface area contributed by atoms with Crippen LogP contribution in [0.2, 0.25) is 0 Å². The maximum atomic E-state index is 14.2. The van der Waals surface area contributed by atoms with Crippen LogP contribution >= 0.6 is 0 Å². The van der Waals surface area contributed by atoms with Crippen LogP contribution in [0.15, 0.2) is 23.1 Å². The highest BCUT2D eigenvalue weighted by molar-refractivity contribution is 5.93. The number of hydrogen-bond donors (Lipinski definition) is 2. The van der Waals surface area contributed by atoms with E-state index in [4.69, 9.17) is 4.74 Å². The average molecular weight is 595 g/mol. The number of alkyl halides is 4. The topological polar surface area (TPSA) is 140 Å². The number of nitrogens with zero attached hydrogens (tertiary/aromatic N) is 6. The van der Waals surface area contributed by atoms with Gasteiger partial charge in [0, 0.05) is 38.6 Å². The molecule has 3 aromatic heterocycles. The molecular formula is C26H30F4N8O4. The minimum atomic E-state index is -2.84. The summed E-state index contributed by atoms with van der Waals surface area (Å²) in [7, 11) is 1.45. The summed E-state index contributed by atoms with van der Waals surface area (Å²) in [5, 5.41) is 17.2. The average Bonchev–Trinajstić information content (AvgIpc) is 3.24. The molecule has 16 heteroatoms. The van der Waals surface area contributed by atoms with Crippen molar-refractivity contribution in [1.29, 1.82) is 0 Å². The number of hydrogen-bond acceptors (Lipinski definition) is 8. The van der Waals surface area contributed by atoms with Crippen molar-refractivity contribution in [2.75, 3.05) is 26.8 Å². The van der Waals surface area contributed by atoms with Gasteiger partial charge in [0.1, 0.15) is 5.69 Å². The zero-order valence-corrected chi connectivity index (χ0v) is 22.9. The van der Waals surface area contributed by atoms with Gasteiger partial charge in [0.05, 0.1) is 48.6 Å². The highest BCUT2D eigenvalue weighted by Crippen LogP contribution is 2.56. The number of ether oxygens (including phenoxy) is 1. The van der Waals surface area contributed by atoms with Crippen molar-refractivity contribution in [3.05, 3.63) is 41.1 Å². The van der Waals surface area contributed by atoms with Crippen molar-refractivity contribution < 1.29 is 36.5 Å². The molecule has 0 aromatic carbocycles. The summed E-state index contributed by atoms with van der Waals surface area (Å²) in [5.74, 6) is -8.37. The fourth-order valence-electron chi connectivity index (χ4n) is 6.09. The predicted octanol–water partition coefficient (Wildman–Crippen LogP) is 3.31. The molecule has 12 nitrogen and oxygen atoms in total. The van der Waals surface area contributed by atoms with E-state index in [1.54, 1.807) is 19.2 Å². The van der Waals surface area contributed by atoms with Crippen molar-refractivity contribution in [2.45, 2.75) is 56.5 Å². The summed E-state index contributed by atoms with van der Waals surface area (Å²) in [4.78, 5) is 31.9. The van der Waals surface area contributed by atoms with Crippen molar-refractivity contribution in [3.8, 4) is 0 Å². The molecule has 3 aliphatic rings. The molecule has 0 spiro atoms. The Morgan fingerprint density at radius 2 is 2.00 bits per heavy atom. The van der Waals surface area contributed by atoms with Gasteiger partial charge < -0.3 is 20.3 Å². The number of halogens is 4. The molecule has 6 rings (SSSR count). The molecule has 226 valence electrons. The lowest BCUT2D eigenvalue weighted by molar-refractivity contribution is -0.0495. The molecular weight excluding hydrogens is 564 g/mol. The molecule has 3 amide bonds. The number of rotatable bonds is 8. The van der Waals surface area contributed by atoms with E-state index in [1.165, 1.54) is 22.7 Å². The summed E-state index contributed by atoms with van der Waals surface area (Å²) in [6.07, 6.45) is 2.79. The fraction of sp³-hybridized carbons (Fsp3) is 0.615. The van der Waals surface area contributed by atoms with Crippen LogP contribution in [0.4, 0.5) is 22.4 Å². The Labute approximate surface area is 237 Å². The lowest BCUT2D eigenvalue weighted by Crippen LogP contribution is -2.44. The quantitative estimate of drug-likeness (QED) is 0.379. The summed E-state index contributed by atoms with van der Waals surface area (Å²) < 4.78 is 67.8. The first-order valence-corrected chi connectivity index (χ1v) is 13.7. The number of fused-ring (bicyclic) bond motifs is 2. The van der Waals surface area contributed by atoms with E-state index in [0.717, 1.165) is 0 Å². The molecule has 4 atom stereocenters. The smallest absolute Gasteiger partial charge is 0.318 e. The molecule has 0 radical (unpaired) electrons. The fourth-order valence-corrected chi connectivity index (χ4v) is 6.09. The van der Waals surface area contributed by atoms with Crippen molar-refractivity contribution in [2.24, 2.45) is 17.8 Å². The van der Waals surface area contributed by atoms with Gasteiger partial charge in [0.25, 0.3) is 11.8 Å². The van der Waals surface area contributed by atoms with E-state index >= 15 is 0 Å². The van der Waals surface area contributed by atoms with Gasteiger partial charge in [-0.3, -0.25) is 4.79 Å². The van der Waals surface area contributed by atoms with Crippen LogP contribution in [0.3, 0.4) is 0 Å². The number of carbonyl (C=O) groups excluding carboxylic acids is 2. The molecule has 42 heavy (non-hydrogen) atoms. The Morgan fingerprint density at radius 1 is 1.24 bits per heavy atom. The van der Waals surface area contributed by atoms with Gasteiger partial charge in [0.2, 0.25) is 5.92 Å². The van der Waals surface area contributed by atoms with Crippen LogP contribution in [0.5, 0.6) is 0 Å². The van der Waals surface area contributed by atoms with Gasteiger partial charge in [0.15, 0.2) is 11.3 Å². The highest BCUT2D eigenvalue weighted by atomic mass is 19.3. The summed E-state index contributed by atoms with van der Waals surface area (Å²) in [6, 6.07) is -0.268. The molecule has 2 N–H and O–H groups in total. The van der Waals surface area contributed by atoms with Crippen LogP contribution in [-0.4, -0.2) is 80.4 Å². The van der Waals surface area contributed by atoms with Gasteiger partial charge in [-0.1, -0.05) is 5.16 Å². The second-order valence-corrected chi connectivity index (χ2v) is 11.3. The first-order valence-electron chi connectivity index (χ1n) is 13.7. The number of amides is 3. The van der Waals surface area contributed by atoms with Crippen LogP contribution in [0.1, 0.15) is 65.2 Å². The van der Waals surface area contributed by atoms with Gasteiger partial charge in [-0.25, -0.2) is 36.5 Å². The van der Waals surface area contributed by atoms with Crippen molar-refractivity contribution >= 4 is 17.6 Å². The highest BCUT2D eigenvalue weighted by Gasteiger charge is 2.69. The molecule has 3 fully saturated rings. The SMILES string of the molecule is COC[C@H](c1cnn2cc([C@@H](NC(=O)c3nonc3C)C3CCC(F)(F)CC3)nc2c1)N1C[C@@H]2[C@H](CNC1=O)C2(F)F. The predicted molar refractivity (Wildman–Crippen MR) is 136 cm³/mol. The van der Waals surface area contributed by atoms with Crippen molar-refractivity contribution in [1.82, 2.24) is 40.4 Å². The summed E-state index contributed by atoms with van der Waals surface area (Å²) in [5.41, 5.74) is 1.52. The Morgan fingerprint density at radius 3 is 2.69 bits per heavy atom. The van der Waals surface area contributed by atoms with Gasteiger partial charge in [-0.05, 0) is 36.9 Å². The zero-order chi connectivity index (χ0) is 29.8. The zero-order valence-electron chi connectivity index (χ0n) is 22.9. The maximum absolute atomic E-state index is 14.2. The standard InChI is InChI=1S/C26H30F4N8O4/c1-13-21(36-42-35-13)23(39)34-22(14-3-5-25(27,28)6-4-14)18-11-38-20(33-18)7-15(8-32-38)19(12-41-2)37-10-17-16(26(17,29)30)9-31-24(37)40/h7-8,11,14,16-17,19,22H,3-6,9-10,12H2,1-2H3,(H,31,40)(H,34,39)/t16-,17+,19+,22-/m0/s1. The summed E-state index contributed by atoms with van der Waals surface area (Å²) >= 11 is 0. The third-order valence-corrected chi connectivity index (χ3v) is 8.64. The van der Waals surface area contributed by atoms with Crippen molar-refractivity contribution in [3.63, 3.8) is 0 Å². The van der Waals surface area contributed by atoms with Crippen LogP contribution in [-0.2, 0) is 4.74 Å². The number of urea groups is 1. The number of aryl methyl sites for hydroxylation is 1. The number of carbonyl (C=O) groups is 2. The molecule has 1 aliphatic heterocycles. The van der Waals surface area contributed by atoms with Crippen LogP contribution in [0, 0.1) is 24.7 Å². The van der Waals surface area contributed by atoms with Gasteiger partial charge in [-0.2, -0.15) is 5.10 Å². The number of aromatic nitrogens is 5. The Balaban J connectivity index is 1.30. The minimum Gasteiger partial charge on any atom is -0.382 e.